The fourth-order valence-electron chi connectivity index (χ4n) is 3.53. The lowest BCUT2D eigenvalue weighted by Gasteiger charge is -2.06. The van der Waals surface area contributed by atoms with Crippen LogP contribution in [-0.2, 0) is 11.2 Å². The van der Waals surface area contributed by atoms with Crippen molar-refractivity contribution in [3.8, 4) is 5.82 Å². The molecule has 152 valence electrons. The molecule has 0 fully saturated rings. The van der Waals surface area contributed by atoms with Crippen molar-refractivity contribution in [3.63, 3.8) is 0 Å². The van der Waals surface area contributed by atoms with Crippen LogP contribution in [-0.4, -0.2) is 38.1 Å². The van der Waals surface area contributed by atoms with E-state index < -0.39 is 5.97 Å². The minimum absolute atomic E-state index is 0.255. The SMILES string of the molecule is CCc1cccc2c(C(=O)COC(=O)c3ccc(-n4nc(C)cc4C)nc3)c[nH]c12. The first-order chi connectivity index (χ1) is 14.5. The third-order valence-electron chi connectivity index (χ3n) is 5.03. The molecule has 0 bridgehead atoms. The first-order valence-electron chi connectivity index (χ1n) is 9.77. The molecule has 7 heteroatoms. The number of carbonyl (C=O) groups excluding carboxylic acids is 2. The van der Waals surface area contributed by atoms with E-state index >= 15 is 0 Å². The third kappa shape index (κ3) is 3.61. The van der Waals surface area contributed by atoms with Crippen molar-refractivity contribution in [1.29, 1.82) is 0 Å². The Morgan fingerprint density at radius 1 is 1.17 bits per heavy atom. The van der Waals surface area contributed by atoms with Crippen molar-refractivity contribution in [1.82, 2.24) is 19.7 Å². The predicted molar refractivity (Wildman–Crippen MR) is 113 cm³/mol. The number of benzene rings is 1. The standard InChI is InChI=1S/C23H22N4O3/c1-4-16-6-5-7-18-19(12-25-22(16)18)20(28)13-30-23(29)17-8-9-21(24-11-17)27-15(3)10-14(2)26-27/h5-12,25H,4,13H2,1-3H3. The Kier molecular flexibility index (Phi) is 5.18. The summed E-state index contributed by atoms with van der Waals surface area (Å²) >= 11 is 0. The molecule has 3 heterocycles. The van der Waals surface area contributed by atoms with Gasteiger partial charge in [-0.15, -0.1) is 0 Å². The lowest BCUT2D eigenvalue weighted by atomic mass is 10.1. The van der Waals surface area contributed by atoms with Crippen LogP contribution in [0.5, 0.6) is 0 Å². The van der Waals surface area contributed by atoms with E-state index in [4.69, 9.17) is 4.74 Å². The molecule has 0 saturated heterocycles. The van der Waals surface area contributed by atoms with Crippen LogP contribution in [0.1, 0.15) is 44.6 Å². The molecule has 0 atom stereocenters. The van der Waals surface area contributed by atoms with Gasteiger partial charge in [-0.25, -0.2) is 14.5 Å². The molecule has 4 aromatic rings. The first-order valence-corrected chi connectivity index (χ1v) is 9.77. The van der Waals surface area contributed by atoms with Gasteiger partial charge >= 0.3 is 5.97 Å². The number of aromatic nitrogens is 4. The predicted octanol–water partition coefficient (Wildman–Crippen LogP) is 3.97. The Hall–Kier alpha value is -3.74. The average molecular weight is 402 g/mol. The van der Waals surface area contributed by atoms with Crippen LogP contribution in [0.15, 0.2) is 48.8 Å². The second kappa shape index (κ2) is 7.94. The van der Waals surface area contributed by atoms with Crippen LogP contribution in [0.25, 0.3) is 16.7 Å². The van der Waals surface area contributed by atoms with Crippen LogP contribution < -0.4 is 0 Å². The van der Waals surface area contributed by atoms with Gasteiger partial charge in [-0.05, 0) is 44.0 Å². The van der Waals surface area contributed by atoms with E-state index in [0.29, 0.717) is 11.4 Å². The molecule has 7 nitrogen and oxygen atoms in total. The number of carbonyl (C=O) groups is 2. The Balaban J connectivity index is 1.45. The molecule has 0 aliphatic rings. The van der Waals surface area contributed by atoms with Gasteiger partial charge in [0.05, 0.1) is 11.3 Å². The zero-order valence-electron chi connectivity index (χ0n) is 17.1. The Morgan fingerprint density at radius 3 is 2.67 bits per heavy atom. The maximum Gasteiger partial charge on any atom is 0.340 e. The summed E-state index contributed by atoms with van der Waals surface area (Å²) in [6.07, 6.45) is 3.96. The third-order valence-corrected chi connectivity index (χ3v) is 5.03. The quantitative estimate of drug-likeness (QED) is 0.389. The van der Waals surface area contributed by atoms with E-state index in [1.165, 1.54) is 6.20 Å². The van der Waals surface area contributed by atoms with E-state index in [1.54, 1.807) is 23.0 Å². The molecule has 0 spiro atoms. The van der Waals surface area contributed by atoms with Gasteiger partial charge in [0, 0.05) is 34.6 Å². The van der Waals surface area contributed by atoms with Crippen molar-refractivity contribution in [2.45, 2.75) is 27.2 Å². The molecule has 1 aromatic carbocycles. The van der Waals surface area contributed by atoms with Gasteiger partial charge in [0.15, 0.2) is 12.4 Å². The zero-order valence-corrected chi connectivity index (χ0v) is 17.1. The summed E-state index contributed by atoms with van der Waals surface area (Å²) in [5, 5.41) is 5.21. The van der Waals surface area contributed by atoms with Crippen LogP contribution >= 0.6 is 0 Å². The van der Waals surface area contributed by atoms with E-state index in [9.17, 15) is 9.59 Å². The summed E-state index contributed by atoms with van der Waals surface area (Å²) in [4.78, 5) is 32.4. The Morgan fingerprint density at radius 2 is 2.00 bits per heavy atom. The van der Waals surface area contributed by atoms with Crippen molar-refractivity contribution < 1.29 is 14.3 Å². The lowest BCUT2D eigenvalue weighted by Crippen LogP contribution is -2.14. The largest absolute Gasteiger partial charge is 0.454 e. The van der Waals surface area contributed by atoms with Crippen LogP contribution in [0, 0.1) is 13.8 Å². The van der Waals surface area contributed by atoms with Gasteiger partial charge in [-0.3, -0.25) is 4.79 Å². The summed E-state index contributed by atoms with van der Waals surface area (Å²) in [7, 11) is 0. The number of hydrogen-bond donors (Lipinski definition) is 1. The molecule has 0 unspecified atom stereocenters. The maximum atomic E-state index is 12.6. The number of fused-ring (bicyclic) bond motifs is 1. The van der Waals surface area contributed by atoms with Crippen molar-refractivity contribution >= 4 is 22.7 Å². The number of aromatic amines is 1. The van der Waals surface area contributed by atoms with Gasteiger partial charge in [-0.2, -0.15) is 5.10 Å². The van der Waals surface area contributed by atoms with E-state index in [2.05, 4.69) is 22.0 Å². The van der Waals surface area contributed by atoms with Crippen molar-refractivity contribution in [3.05, 3.63) is 76.9 Å². The molecule has 0 saturated carbocycles. The van der Waals surface area contributed by atoms with Gasteiger partial charge < -0.3 is 9.72 Å². The van der Waals surface area contributed by atoms with Gasteiger partial charge in [0.25, 0.3) is 0 Å². The number of hydrogen-bond acceptors (Lipinski definition) is 5. The highest BCUT2D eigenvalue weighted by atomic mass is 16.5. The summed E-state index contributed by atoms with van der Waals surface area (Å²) < 4.78 is 6.93. The van der Waals surface area contributed by atoms with E-state index in [1.807, 2.05) is 38.1 Å². The molecule has 0 radical (unpaired) electrons. The molecule has 4 rings (SSSR count). The Labute approximate surface area is 173 Å². The highest BCUT2D eigenvalue weighted by molar-refractivity contribution is 6.09. The number of para-hydroxylation sites is 1. The topological polar surface area (TPSA) is 89.9 Å². The fraction of sp³-hybridized carbons (Fsp3) is 0.217. The average Bonchev–Trinajstić information content (AvgIpc) is 3.34. The summed E-state index contributed by atoms with van der Waals surface area (Å²) in [6.45, 7) is 5.57. The number of nitrogens with one attached hydrogen (secondary N) is 1. The van der Waals surface area contributed by atoms with E-state index in [-0.39, 0.29) is 18.0 Å². The number of ketones is 1. The highest BCUT2D eigenvalue weighted by Crippen LogP contribution is 2.22. The monoisotopic (exact) mass is 402 g/mol. The first kappa shape index (κ1) is 19.6. The van der Waals surface area contributed by atoms with Gasteiger partial charge in [0.2, 0.25) is 5.78 Å². The number of Topliss-reactive ketones (excluding diaryl/α,β-unsaturated/α-hetero) is 1. The lowest BCUT2D eigenvalue weighted by molar-refractivity contribution is 0.0474. The summed E-state index contributed by atoms with van der Waals surface area (Å²) in [6, 6.07) is 11.1. The minimum Gasteiger partial charge on any atom is -0.454 e. The molecule has 0 aliphatic carbocycles. The number of esters is 1. The molecule has 1 N–H and O–H groups in total. The molecule has 0 amide bonds. The summed E-state index contributed by atoms with van der Waals surface area (Å²) in [5.74, 6) is -0.237. The molecule has 3 aromatic heterocycles. The number of rotatable bonds is 6. The zero-order chi connectivity index (χ0) is 21.3. The van der Waals surface area contributed by atoms with Crippen molar-refractivity contribution in [2.24, 2.45) is 0 Å². The fourth-order valence-corrected chi connectivity index (χ4v) is 3.53. The van der Waals surface area contributed by atoms with Crippen LogP contribution in [0.4, 0.5) is 0 Å². The maximum absolute atomic E-state index is 12.6. The highest BCUT2D eigenvalue weighted by Gasteiger charge is 2.17. The molecular weight excluding hydrogens is 380 g/mol. The molecule has 0 aliphatic heterocycles. The smallest absolute Gasteiger partial charge is 0.340 e. The number of ether oxygens (including phenoxy) is 1. The number of nitrogens with zero attached hydrogens (tertiary/aromatic N) is 3. The second-order valence-corrected chi connectivity index (χ2v) is 7.14. The second-order valence-electron chi connectivity index (χ2n) is 7.14. The summed E-state index contributed by atoms with van der Waals surface area (Å²) in [5.41, 5.74) is 4.72. The van der Waals surface area contributed by atoms with Crippen LogP contribution in [0.2, 0.25) is 0 Å². The number of H-pyrrole nitrogens is 1. The normalized spacial score (nSPS) is 11.0. The number of pyridine rings is 1. The molecular formula is C23H22N4O3. The Bertz CT molecular complexity index is 1240. The van der Waals surface area contributed by atoms with Crippen molar-refractivity contribution in [2.75, 3.05) is 6.61 Å². The number of aryl methyl sites for hydroxylation is 3. The minimum atomic E-state index is -0.593. The van der Waals surface area contributed by atoms with E-state index in [0.717, 1.165) is 34.3 Å². The molecule has 30 heavy (non-hydrogen) atoms. The van der Waals surface area contributed by atoms with Gasteiger partial charge in [-0.1, -0.05) is 25.1 Å². The van der Waals surface area contributed by atoms with Gasteiger partial charge in [0.1, 0.15) is 0 Å². The van der Waals surface area contributed by atoms with Crippen LogP contribution in [0.3, 0.4) is 0 Å².